The van der Waals surface area contributed by atoms with Crippen LogP contribution in [0.2, 0.25) is 0 Å². The summed E-state index contributed by atoms with van der Waals surface area (Å²) in [5, 5.41) is 4.90. The van der Waals surface area contributed by atoms with Crippen molar-refractivity contribution in [2.24, 2.45) is 0 Å². The van der Waals surface area contributed by atoms with Gasteiger partial charge in [-0.25, -0.2) is 13.1 Å². The van der Waals surface area contributed by atoms with Crippen molar-refractivity contribution >= 4 is 27.0 Å². The normalized spacial score (nSPS) is 13.1. The van der Waals surface area contributed by atoms with Gasteiger partial charge in [-0.05, 0) is 36.9 Å². The molecule has 0 aliphatic carbocycles. The van der Waals surface area contributed by atoms with Gasteiger partial charge in [0.05, 0.1) is 5.69 Å². The fourth-order valence-electron chi connectivity index (χ4n) is 2.01. The van der Waals surface area contributed by atoms with E-state index in [1.807, 2.05) is 24.4 Å². The molecule has 1 aromatic heterocycles. The molecule has 2 rings (SSSR count). The highest BCUT2D eigenvalue weighted by atomic mass is 32.2. The van der Waals surface area contributed by atoms with Gasteiger partial charge >= 0.3 is 0 Å². The number of hydrogen-bond donors (Lipinski definition) is 2. The van der Waals surface area contributed by atoms with Crippen molar-refractivity contribution in [3.8, 4) is 0 Å². The van der Waals surface area contributed by atoms with E-state index >= 15 is 0 Å². The van der Waals surface area contributed by atoms with Gasteiger partial charge in [-0.3, -0.25) is 0 Å². The molecule has 0 saturated carbocycles. The molecule has 2 aromatic rings. The van der Waals surface area contributed by atoms with Crippen molar-refractivity contribution in [1.82, 2.24) is 4.72 Å². The molecule has 0 aliphatic heterocycles. The average Bonchev–Trinajstić information content (AvgIpc) is 2.90. The van der Waals surface area contributed by atoms with Crippen molar-refractivity contribution in [3.05, 3.63) is 46.7 Å². The third-order valence-electron chi connectivity index (χ3n) is 2.89. The topological polar surface area (TPSA) is 58.2 Å². The third-order valence-corrected chi connectivity index (χ3v) is 5.44. The second-order valence-corrected chi connectivity index (χ2v) is 7.27. The number of hydrogen-bond acceptors (Lipinski definition) is 4. The summed E-state index contributed by atoms with van der Waals surface area (Å²) in [6.45, 7) is 1.87. The largest absolute Gasteiger partial charge is 0.387 e. The second kappa shape index (κ2) is 6.39. The molecule has 0 spiro atoms. The summed E-state index contributed by atoms with van der Waals surface area (Å²) in [7, 11) is -1.80. The van der Waals surface area contributed by atoms with Crippen molar-refractivity contribution in [3.63, 3.8) is 0 Å². The highest BCUT2D eigenvalue weighted by Gasteiger charge is 2.20. The minimum Gasteiger partial charge on any atom is -0.387 e. The summed E-state index contributed by atoms with van der Waals surface area (Å²) in [5.74, 6) is 0. The Balaban J connectivity index is 2.14. The Morgan fingerprint density at radius 2 is 1.95 bits per heavy atom. The molecule has 4 nitrogen and oxygen atoms in total. The lowest BCUT2D eigenvalue weighted by molar-refractivity contribution is 0.561. The van der Waals surface area contributed by atoms with Crippen LogP contribution < -0.4 is 10.0 Å². The van der Waals surface area contributed by atoms with Crippen molar-refractivity contribution in [2.75, 3.05) is 12.4 Å². The molecule has 2 N–H and O–H groups in total. The number of thiophene rings is 1. The molecule has 0 amide bonds. The molecule has 1 atom stereocenters. The van der Waals surface area contributed by atoms with Crippen LogP contribution in [-0.2, 0) is 16.4 Å². The molecule has 1 heterocycles. The first-order valence-electron chi connectivity index (χ1n) is 6.34. The smallest absolute Gasteiger partial charge is 0.242 e. The number of nitrogens with one attached hydrogen (secondary N) is 2. The lowest BCUT2D eigenvalue weighted by Crippen LogP contribution is -2.34. The van der Waals surface area contributed by atoms with Gasteiger partial charge in [-0.1, -0.05) is 18.2 Å². The molecule has 108 valence electrons. The molecule has 20 heavy (non-hydrogen) atoms. The Morgan fingerprint density at radius 3 is 2.60 bits per heavy atom. The van der Waals surface area contributed by atoms with Gasteiger partial charge in [-0.15, -0.1) is 11.3 Å². The van der Waals surface area contributed by atoms with Gasteiger partial charge < -0.3 is 5.32 Å². The fraction of sp³-hybridized carbons (Fsp3) is 0.286. The minimum absolute atomic E-state index is 0.149. The Kier molecular flexibility index (Phi) is 4.80. The Labute approximate surface area is 123 Å². The van der Waals surface area contributed by atoms with Gasteiger partial charge in [0.1, 0.15) is 4.90 Å². The maximum absolute atomic E-state index is 12.4. The fourth-order valence-corrected chi connectivity index (χ4v) is 4.30. The molecule has 1 aromatic carbocycles. The summed E-state index contributed by atoms with van der Waals surface area (Å²) >= 11 is 1.63. The van der Waals surface area contributed by atoms with Crippen LogP contribution in [-0.4, -0.2) is 21.5 Å². The molecule has 0 aliphatic rings. The molecule has 0 fully saturated rings. The van der Waals surface area contributed by atoms with Crippen LogP contribution in [0.15, 0.2) is 46.7 Å². The van der Waals surface area contributed by atoms with Crippen LogP contribution in [0.5, 0.6) is 0 Å². The first-order valence-corrected chi connectivity index (χ1v) is 8.70. The van der Waals surface area contributed by atoms with Crippen LogP contribution in [0, 0.1) is 0 Å². The van der Waals surface area contributed by atoms with Gasteiger partial charge in [0.15, 0.2) is 0 Å². The first-order chi connectivity index (χ1) is 9.53. The lowest BCUT2D eigenvalue weighted by atomic mass is 10.2. The predicted octanol–water partition coefficient (Wildman–Crippen LogP) is 2.70. The summed E-state index contributed by atoms with van der Waals surface area (Å²) in [6, 6.07) is 10.7. The zero-order chi connectivity index (χ0) is 14.6. The molecule has 0 saturated heterocycles. The number of rotatable bonds is 6. The number of para-hydroxylation sites is 1. The maximum atomic E-state index is 12.4. The third kappa shape index (κ3) is 3.59. The zero-order valence-corrected chi connectivity index (χ0v) is 13.1. The molecule has 6 heteroatoms. The quantitative estimate of drug-likeness (QED) is 0.862. The van der Waals surface area contributed by atoms with Crippen LogP contribution in [0.3, 0.4) is 0 Å². The van der Waals surface area contributed by atoms with Crippen LogP contribution >= 0.6 is 11.3 Å². The van der Waals surface area contributed by atoms with Gasteiger partial charge in [0.2, 0.25) is 10.0 Å². The summed E-state index contributed by atoms with van der Waals surface area (Å²) in [4.78, 5) is 1.45. The summed E-state index contributed by atoms with van der Waals surface area (Å²) < 4.78 is 27.5. The monoisotopic (exact) mass is 310 g/mol. The Bertz CT molecular complexity index is 652. The zero-order valence-electron chi connectivity index (χ0n) is 11.5. The number of anilines is 1. The summed E-state index contributed by atoms with van der Waals surface area (Å²) in [5.41, 5.74) is 0.600. The van der Waals surface area contributed by atoms with E-state index in [0.29, 0.717) is 12.1 Å². The molecule has 1 unspecified atom stereocenters. The van der Waals surface area contributed by atoms with E-state index in [1.165, 1.54) is 4.88 Å². The highest BCUT2D eigenvalue weighted by Crippen LogP contribution is 2.21. The minimum atomic E-state index is -3.51. The number of benzene rings is 1. The maximum Gasteiger partial charge on any atom is 0.242 e. The molecular formula is C14H18N2O2S2. The Morgan fingerprint density at radius 1 is 1.20 bits per heavy atom. The van der Waals surface area contributed by atoms with Crippen LogP contribution in [0.1, 0.15) is 11.8 Å². The van der Waals surface area contributed by atoms with Crippen molar-refractivity contribution < 1.29 is 8.42 Å². The van der Waals surface area contributed by atoms with Gasteiger partial charge in [0.25, 0.3) is 0 Å². The van der Waals surface area contributed by atoms with E-state index in [2.05, 4.69) is 10.0 Å². The number of sulfonamides is 1. The van der Waals surface area contributed by atoms with E-state index in [4.69, 9.17) is 0 Å². The van der Waals surface area contributed by atoms with Crippen LogP contribution in [0.25, 0.3) is 0 Å². The molecule has 0 bridgehead atoms. The van der Waals surface area contributed by atoms with Gasteiger partial charge in [0, 0.05) is 18.0 Å². The standard InChI is InChI=1S/C14H18N2O2S2/c1-11(10-12-6-5-9-19-12)16-20(17,18)14-8-4-3-7-13(14)15-2/h3-9,11,15-16H,10H2,1-2H3. The summed E-state index contributed by atoms with van der Waals surface area (Å²) in [6.07, 6.45) is 0.693. The van der Waals surface area contributed by atoms with E-state index in [-0.39, 0.29) is 10.9 Å². The highest BCUT2D eigenvalue weighted by molar-refractivity contribution is 7.89. The van der Waals surface area contributed by atoms with E-state index in [0.717, 1.165) is 0 Å². The average molecular weight is 310 g/mol. The van der Waals surface area contributed by atoms with Crippen LogP contribution in [0.4, 0.5) is 5.69 Å². The Hall–Kier alpha value is -1.37. The molecule has 0 radical (unpaired) electrons. The van der Waals surface area contributed by atoms with Crippen molar-refractivity contribution in [1.29, 1.82) is 0 Å². The second-order valence-electron chi connectivity index (χ2n) is 4.55. The SMILES string of the molecule is CNc1ccccc1S(=O)(=O)NC(C)Cc1cccs1. The van der Waals surface area contributed by atoms with E-state index in [9.17, 15) is 8.42 Å². The first kappa shape index (κ1) is 15.0. The van der Waals surface area contributed by atoms with E-state index < -0.39 is 10.0 Å². The van der Waals surface area contributed by atoms with E-state index in [1.54, 1.807) is 42.6 Å². The molecular weight excluding hydrogens is 292 g/mol. The lowest BCUT2D eigenvalue weighted by Gasteiger charge is -2.15. The van der Waals surface area contributed by atoms with Crippen molar-refractivity contribution in [2.45, 2.75) is 24.3 Å². The van der Waals surface area contributed by atoms with Gasteiger partial charge in [-0.2, -0.15) is 0 Å². The predicted molar refractivity (Wildman–Crippen MR) is 83.8 cm³/mol.